The number of primary amides is 1. The predicted octanol–water partition coefficient (Wildman–Crippen LogP) is 2.62. The number of aryl methyl sites for hydroxylation is 1. The number of hydrogen-bond acceptors (Lipinski definition) is 3. The van der Waals surface area contributed by atoms with Crippen LogP contribution in [0.15, 0.2) is 18.2 Å². The number of fused-ring (bicyclic) bond motifs is 1. The Balaban J connectivity index is 1.58. The zero-order chi connectivity index (χ0) is 17.8. The number of benzene rings is 1. The SMILES string of the molecule is COc1ccc2c(c1)CCCC2CC(=O)N1CCC(CC(N)=O)CC1. The van der Waals surface area contributed by atoms with Crippen molar-refractivity contribution in [2.75, 3.05) is 20.2 Å². The summed E-state index contributed by atoms with van der Waals surface area (Å²) < 4.78 is 5.32. The first-order chi connectivity index (χ1) is 12.1. The van der Waals surface area contributed by atoms with E-state index in [9.17, 15) is 9.59 Å². The van der Waals surface area contributed by atoms with Gasteiger partial charge in [-0.25, -0.2) is 0 Å². The minimum absolute atomic E-state index is 0.237. The Kier molecular flexibility index (Phi) is 5.61. The van der Waals surface area contributed by atoms with Crippen LogP contribution in [0.3, 0.4) is 0 Å². The van der Waals surface area contributed by atoms with Crippen LogP contribution in [0, 0.1) is 5.92 Å². The lowest BCUT2D eigenvalue weighted by molar-refractivity contribution is -0.133. The highest BCUT2D eigenvalue weighted by Gasteiger charge is 2.28. The lowest BCUT2D eigenvalue weighted by Crippen LogP contribution is -2.40. The second kappa shape index (κ2) is 7.89. The summed E-state index contributed by atoms with van der Waals surface area (Å²) in [6.07, 6.45) is 6.05. The first-order valence-corrected chi connectivity index (χ1v) is 9.29. The Labute approximate surface area is 149 Å². The van der Waals surface area contributed by atoms with Crippen LogP contribution in [-0.2, 0) is 16.0 Å². The van der Waals surface area contributed by atoms with E-state index >= 15 is 0 Å². The summed E-state index contributed by atoms with van der Waals surface area (Å²) >= 11 is 0. The van der Waals surface area contributed by atoms with Crippen molar-refractivity contribution in [2.45, 2.75) is 50.9 Å². The molecular formula is C20H28N2O3. The van der Waals surface area contributed by atoms with Crippen molar-refractivity contribution >= 4 is 11.8 Å². The Morgan fingerprint density at radius 3 is 2.64 bits per heavy atom. The van der Waals surface area contributed by atoms with E-state index < -0.39 is 0 Å². The van der Waals surface area contributed by atoms with Crippen LogP contribution in [-0.4, -0.2) is 36.9 Å². The molecule has 1 unspecified atom stereocenters. The number of carbonyl (C=O) groups is 2. The van der Waals surface area contributed by atoms with Gasteiger partial charge >= 0.3 is 0 Å². The molecule has 1 saturated heterocycles. The van der Waals surface area contributed by atoms with Crippen molar-refractivity contribution in [1.82, 2.24) is 4.90 Å². The average Bonchev–Trinajstić information content (AvgIpc) is 2.61. The smallest absolute Gasteiger partial charge is 0.223 e. The Hall–Kier alpha value is -2.04. The summed E-state index contributed by atoms with van der Waals surface area (Å²) in [4.78, 5) is 25.7. The van der Waals surface area contributed by atoms with Crippen LogP contribution in [0.25, 0.3) is 0 Å². The van der Waals surface area contributed by atoms with E-state index in [4.69, 9.17) is 10.5 Å². The van der Waals surface area contributed by atoms with Gasteiger partial charge in [0, 0.05) is 25.9 Å². The number of amides is 2. The van der Waals surface area contributed by atoms with Crippen LogP contribution in [0.4, 0.5) is 0 Å². The number of rotatable bonds is 5. The first kappa shape index (κ1) is 17.8. The van der Waals surface area contributed by atoms with Gasteiger partial charge in [0.15, 0.2) is 0 Å². The molecule has 5 nitrogen and oxygen atoms in total. The van der Waals surface area contributed by atoms with Crippen molar-refractivity contribution in [3.63, 3.8) is 0 Å². The van der Waals surface area contributed by atoms with Gasteiger partial charge in [0.2, 0.25) is 11.8 Å². The van der Waals surface area contributed by atoms with Crippen LogP contribution >= 0.6 is 0 Å². The molecule has 1 aromatic rings. The van der Waals surface area contributed by atoms with Crippen LogP contribution in [0.2, 0.25) is 0 Å². The molecular weight excluding hydrogens is 316 g/mol. The summed E-state index contributed by atoms with van der Waals surface area (Å²) in [6.45, 7) is 1.50. The number of hydrogen-bond donors (Lipinski definition) is 1. The highest BCUT2D eigenvalue weighted by Crippen LogP contribution is 2.36. The summed E-state index contributed by atoms with van der Waals surface area (Å²) in [5, 5.41) is 0. The predicted molar refractivity (Wildman–Crippen MR) is 96.4 cm³/mol. The third-order valence-electron chi connectivity index (χ3n) is 5.67. The Morgan fingerprint density at radius 2 is 1.96 bits per heavy atom. The number of methoxy groups -OCH3 is 1. The molecule has 1 heterocycles. The minimum atomic E-state index is -0.237. The van der Waals surface area contributed by atoms with Crippen molar-refractivity contribution in [2.24, 2.45) is 11.7 Å². The second-order valence-electron chi connectivity index (χ2n) is 7.35. The standard InChI is InChI=1S/C20H28N2O3/c1-25-17-5-6-18-15(12-17)3-2-4-16(18)13-20(24)22-9-7-14(8-10-22)11-19(21)23/h5-6,12,14,16H,2-4,7-11,13H2,1H3,(H2,21,23). The zero-order valence-corrected chi connectivity index (χ0v) is 15.0. The van der Waals surface area contributed by atoms with Crippen molar-refractivity contribution in [3.8, 4) is 5.75 Å². The topological polar surface area (TPSA) is 72.6 Å². The third kappa shape index (κ3) is 4.33. The number of piperidine rings is 1. The largest absolute Gasteiger partial charge is 0.497 e. The van der Waals surface area contributed by atoms with E-state index in [1.807, 2.05) is 11.0 Å². The fourth-order valence-electron chi connectivity index (χ4n) is 4.24. The van der Waals surface area contributed by atoms with E-state index in [1.165, 1.54) is 11.1 Å². The van der Waals surface area contributed by atoms with Gasteiger partial charge in [0.25, 0.3) is 0 Å². The molecule has 25 heavy (non-hydrogen) atoms. The van der Waals surface area contributed by atoms with E-state index in [-0.39, 0.29) is 11.8 Å². The third-order valence-corrected chi connectivity index (χ3v) is 5.67. The molecule has 0 radical (unpaired) electrons. The second-order valence-corrected chi connectivity index (χ2v) is 7.35. The lowest BCUT2D eigenvalue weighted by Gasteiger charge is -2.33. The minimum Gasteiger partial charge on any atom is -0.497 e. The van der Waals surface area contributed by atoms with Crippen molar-refractivity contribution in [3.05, 3.63) is 29.3 Å². The summed E-state index contributed by atoms with van der Waals surface area (Å²) in [5.41, 5.74) is 7.91. The molecule has 2 amide bonds. The zero-order valence-electron chi connectivity index (χ0n) is 15.0. The van der Waals surface area contributed by atoms with Gasteiger partial charge in [-0.05, 0) is 67.2 Å². The lowest BCUT2D eigenvalue weighted by atomic mass is 9.80. The van der Waals surface area contributed by atoms with Gasteiger partial charge in [-0.15, -0.1) is 0 Å². The number of likely N-dealkylation sites (tertiary alicyclic amines) is 1. The van der Waals surface area contributed by atoms with Crippen molar-refractivity contribution in [1.29, 1.82) is 0 Å². The molecule has 5 heteroatoms. The fourth-order valence-corrected chi connectivity index (χ4v) is 4.24. The van der Waals surface area contributed by atoms with Gasteiger partial charge in [-0.1, -0.05) is 6.07 Å². The Bertz CT molecular complexity index is 636. The van der Waals surface area contributed by atoms with Crippen LogP contribution in [0.5, 0.6) is 5.75 Å². The first-order valence-electron chi connectivity index (χ1n) is 9.29. The molecule has 2 N–H and O–H groups in total. The highest BCUT2D eigenvalue weighted by atomic mass is 16.5. The summed E-state index contributed by atoms with van der Waals surface area (Å²) in [5.74, 6) is 1.54. The quantitative estimate of drug-likeness (QED) is 0.892. The number of nitrogens with two attached hydrogens (primary N) is 1. The fraction of sp³-hybridized carbons (Fsp3) is 0.600. The molecule has 0 bridgehead atoms. The Morgan fingerprint density at radius 1 is 1.20 bits per heavy atom. The molecule has 1 aliphatic heterocycles. The molecule has 3 rings (SSSR count). The highest BCUT2D eigenvalue weighted by molar-refractivity contribution is 5.77. The van der Waals surface area contributed by atoms with E-state index in [0.29, 0.717) is 24.7 Å². The molecule has 1 fully saturated rings. The molecule has 0 saturated carbocycles. The number of ether oxygens (including phenoxy) is 1. The maximum Gasteiger partial charge on any atom is 0.223 e. The summed E-state index contributed by atoms with van der Waals surface area (Å²) in [6, 6.07) is 6.24. The molecule has 136 valence electrons. The number of nitrogens with zero attached hydrogens (tertiary/aromatic N) is 1. The average molecular weight is 344 g/mol. The maximum absolute atomic E-state index is 12.7. The van der Waals surface area contributed by atoms with Gasteiger partial charge in [-0.2, -0.15) is 0 Å². The van der Waals surface area contributed by atoms with E-state index in [0.717, 1.165) is 50.9 Å². The van der Waals surface area contributed by atoms with Gasteiger partial charge < -0.3 is 15.4 Å². The number of carbonyl (C=O) groups excluding carboxylic acids is 2. The maximum atomic E-state index is 12.7. The van der Waals surface area contributed by atoms with Crippen molar-refractivity contribution < 1.29 is 14.3 Å². The molecule has 1 aromatic carbocycles. The molecule has 1 atom stereocenters. The summed E-state index contributed by atoms with van der Waals surface area (Å²) in [7, 11) is 1.69. The van der Waals surface area contributed by atoms with Crippen LogP contribution in [0.1, 0.15) is 55.6 Å². The monoisotopic (exact) mass is 344 g/mol. The van der Waals surface area contributed by atoms with Gasteiger partial charge in [-0.3, -0.25) is 9.59 Å². The van der Waals surface area contributed by atoms with Gasteiger partial charge in [0.05, 0.1) is 7.11 Å². The molecule has 0 aromatic heterocycles. The van der Waals surface area contributed by atoms with E-state index in [2.05, 4.69) is 12.1 Å². The van der Waals surface area contributed by atoms with Crippen LogP contribution < -0.4 is 10.5 Å². The van der Waals surface area contributed by atoms with E-state index in [1.54, 1.807) is 7.11 Å². The molecule has 1 aliphatic carbocycles. The molecule has 0 spiro atoms. The van der Waals surface area contributed by atoms with Gasteiger partial charge in [0.1, 0.15) is 5.75 Å². The molecule has 2 aliphatic rings. The normalized spacial score (nSPS) is 20.8.